The highest BCUT2D eigenvalue weighted by Crippen LogP contribution is 2.11. The Kier molecular flexibility index (Phi) is 8.07. The first-order chi connectivity index (χ1) is 8.78. The number of hydrogen-bond donors (Lipinski definition) is 1. The van der Waals surface area contributed by atoms with E-state index >= 15 is 0 Å². The third kappa shape index (κ3) is 10.3. The SMILES string of the molecule is C/C=C/C(=O)ON[C@@H](CCC)CC(=O)OC(C)(C)C. The molecule has 0 aromatic carbocycles. The third-order valence-corrected chi connectivity index (χ3v) is 2.10. The number of ether oxygens (including phenoxy) is 1. The molecule has 19 heavy (non-hydrogen) atoms. The molecule has 0 spiro atoms. The molecule has 0 amide bonds. The van der Waals surface area contributed by atoms with Crippen LogP contribution in [0.25, 0.3) is 0 Å². The molecule has 0 fully saturated rings. The molecule has 0 bridgehead atoms. The van der Waals surface area contributed by atoms with E-state index in [1.54, 1.807) is 13.0 Å². The van der Waals surface area contributed by atoms with Crippen molar-refractivity contribution >= 4 is 11.9 Å². The maximum atomic E-state index is 11.7. The Hall–Kier alpha value is -1.36. The van der Waals surface area contributed by atoms with Gasteiger partial charge in [0.25, 0.3) is 0 Å². The maximum Gasteiger partial charge on any atom is 0.349 e. The predicted octanol–water partition coefficient (Wildman–Crippen LogP) is 2.51. The van der Waals surface area contributed by atoms with Crippen LogP contribution in [-0.4, -0.2) is 23.6 Å². The molecule has 5 heteroatoms. The van der Waals surface area contributed by atoms with Gasteiger partial charge in [0.2, 0.25) is 0 Å². The molecule has 0 saturated carbocycles. The van der Waals surface area contributed by atoms with Crippen molar-refractivity contribution in [3.63, 3.8) is 0 Å². The molecule has 0 unspecified atom stereocenters. The van der Waals surface area contributed by atoms with E-state index in [4.69, 9.17) is 9.57 Å². The van der Waals surface area contributed by atoms with Gasteiger partial charge in [-0.05, 0) is 34.1 Å². The minimum absolute atomic E-state index is 0.175. The second-order valence-electron chi connectivity index (χ2n) is 5.32. The van der Waals surface area contributed by atoms with E-state index in [2.05, 4.69) is 5.48 Å². The molecule has 0 aliphatic heterocycles. The molecule has 0 saturated heterocycles. The van der Waals surface area contributed by atoms with Crippen LogP contribution >= 0.6 is 0 Å². The molecule has 0 aliphatic rings. The average molecular weight is 271 g/mol. The highest BCUT2D eigenvalue weighted by molar-refractivity contribution is 5.81. The number of hydrogen-bond acceptors (Lipinski definition) is 5. The van der Waals surface area contributed by atoms with Crippen LogP contribution in [0.3, 0.4) is 0 Å². The van der Waals surface area contributed by atoms with Gasteiger partial charge in [0.05, 0.1) is 12.5 Å². The molecular weight excluding hydrogens is 246 g/mol. The Balaban J connectivity index is 4.25. The van der Waals surface area contributed by atoms with Crippen molar-refractivity contribution in [2.75, 3.05) is 0 Å². The summed E-state index contributed by atoms with van der Waals surface area (Å²) in [4.78, 5) is 27.7. The molecule has 0 aromatic rings. The third-order valence-electron chi connectivity index (χ3n) is 2.10. The lowest BCUT2D eigenvalue weighted by atomic mass is 10.1. The lowest BCUT2D eigenvalue weighted by Crippen LogP contribution is -2.35. The Morgan fingerprint density at radius 3 is 2.42 bits per heavy atom. The molecule has 1 atom stereocenters. The Morgan fingerprint density at radius 2 is 1.95 bits per heavy atom. The number of allylic oxidation sites excluding steroid dienone is 1. The van der Waals surface area contributed by atoms with E-state index in [1.807, 2.05) is 27.7 Å². The second kappa shape index (κ2) is 8.69. The summed E-state index contributed by atoms with van der Waals surface area (Å²) >= 11 is 0. The van der Waals surface area contributed by atoms with Crippen LogP contribution in [0.1, 0.15) is 53.9 Å². The summed E-state index contributed by atoms with van der Waals surface area (Å²) in [6.45, 7) is 9.18. The van der Waals surface area contributed by atoms with Crippen LogP contribution in [0, 0.1) is 0 Å². The van der Waals surface area contributed by atoms with Gasteiger partial charge in [0.1, 0.15) is 5.60 Å². The fraction of sp³-hybridized carbons (Fsp3) is 0.714. The van der Waals surface area contributed by atoms with Gasteiger partial charge < -0.3 is 9.57 Å². The Labute approximate surface area is 115 Å². The standard InChI is InChI=1S/C14H25NO4/c1-6-8-11(15-19-12(16)9-7-2)10-13(17)18-14(3,4)5/h7,9,11,15H,6,8,10H2,1-5H3/b9-7+/t11-/m0/s1. The van der Waals surface area contributed by atoms with Crippen molar-refractivity contribution in [3.05, 3.63) is 12.2 Å². The van der Waals surface area contributed by atoms with Crippen LogP contribution < -0.4 is 5.48 Å². The molecule has 0 aliphatic carbocycles. The van der Waals surface area contributed by atoms with E-state index in [9.17, 15) is 9.59 Å². The number of rotatable bonds is 7. The molecule has 0 aromatic heterocycles. The number of esters is 1. The van der Waals surface area contributed by atoms with E-state index in [-0.39, 0.29) is 18.4 Å². The van der Waals surface area contributed by atoms with Crippen molar-refractivity contribution in [3.8, 4) is 0 Å². The first-order valence-corrected chi connectivity index (χ1v) is 6.59. The fourth-order valence-electron chi connectivity index (χ4n) is 1.45. The highest BCUT2D eigenvalue weighted by atomic mass is 16.7. The first-order valence-electron chi connectivity index (χ1n) is 6.59. The average Bonchev–Trinajstić information content (AvgIpc) is 2.24. The number of hydroxylamine groups is 1. The zero-order chi connectivity index (χ0) is 14.9. The van der Waals surface area contributed by atoms with Crippen molar-refractivity contribution in [1.82, 2.24) is 5.48 Å². The van der Waals surface area contributed by atoms with Gasteiger partial charge in [-0.1, -0.05) is 19.4 Å². The van der Waals surface area contributed by atoms with Gasteiger partial charge in [-0.25, -0.2) is 4.79 Å². The van der Waals surface area contributed by atoms with E-state index in [0.29, 0.717) is 0 Å². The zero-order valence-corrected chi connectivity index (χ0v) is 12.5. The molecule has 0 radical (unpaired) electrons. The maximum absolute atomic E-state index is 11.7. The summed E-state index contributed by atoms with van der Waals surface area (Å²) in [6, 6.07) is -0.228. The van der Waals surface area contributed by atoms with Crippen molar-refractivity contribution in [2.45, 2.75) is 65.5 Å². The summed E-state index contributed by atoms with van der Waals surface area (Å²) < 4.78 is 5.24. The molecule has 110 valence electrons. The van der Waals surface area contributed by atoms with Crippen LogP contribution in [0.5, 0.6) is 0 Å². The van der Waals surface area contributed by atoms with Gasteiger partial charge in [0, 0.05) is 6.08 Å². The first kappa shape index (κ1) is 17.6. The van der Waals surface area contributed by atoms with Crippen LogP contribution in [0.2, 0.25) is 0 Å². The summed E-state index contributed by atoms with van der Waals surface area (Å²) in [7, 11) is 0. The van der Waals surface area contributed by atoms with Crippen LogP contribution in [0.15, 0.2) is 12.2 Å². The molecule has 5 nitrogen and oxygen atoms in total. The van der Waals surface area contributed by atoms with Gasteiger partial charge in [0.15, 0.2) is 0 Å². The Morgan fingerprint density at radius 1 is 1.32 bits per heavy atom. The minimum atomic E-state index is -0.504. The van der Waals surface area contributed by atoms with Gasteiger partial charge in [-0.3, -0.25) is 4.79 Å². The zero-order valence-electron chi connectivity index (χ0n) is 12.5. The van der Waals surface area contributed by atoms with Crippen molar-refractivity contribution < 1.29 is 19.2 Å². The fourth-order valence-corrected chi connectivity index (χ4v) is 1.45. The molecule has 1 N–H and O–H groups in total. The van der Waals surface area contributed by atoms with Gasteiger partial charge >= 0.3 is 11.9 Å². The second-order valence-corrected chi connectivity index (χ2v) is 5.32. The smallest absolute Gasteiger partial charge is 0.349 e. The Bertz CT molecular complexity index is 318. The van der Waals surface area contributed by atoms with E-state index in [0.717, 1.165) is 12.8 Å². The minimum Gasteiger partial charge on any atom is -0.460 e. The van der Waals surface area contributed by atoms with E-state index in [1.165, 1.54) is 6.08 Å². The number of nitrogens with one attached hydrogen (secondary N) is 1. The lowest BCUT2D eigenvalue weighted by molar-refractivity contribution is -0.159. The quantitative estimate of drug-likeness (QED) is 0.438. The number of carbonyl (C=O) groups excluding carboxylic acids is 2. The molecule has 0 heterocycles. The van der Waals surface area contributed by atoms with Crippen molar-refractivity contribution in [2.24, 2.45) is 0 Å². The normalized spacial score (nSPS) is 13.3. The molecule has 0 rings (SSSR count). The lowest BCUT2D eigenvalue weighted by Gasteiger charge is -2.22. The van der Waals surface area contributed by atoms with Crippen LogP contribution in [0.4, 0.5) is 0 Å². The highest BCUT2D eigenvalue weighted by Gasteiger charge is 2.20. The van der Waals surface area contributed by atoms with E-state index < -0.39 is 11.6 Å². The monoisotopic (exact) mass is 271 g/mol. The van der Waals surface area contributed by atoms with Gasteiger partial charge in [-0.15, -0.1) is 5.48 Å². The summed E-state index contributed by atoms with van der Waals surface area (Å²) in [5.41, 5.74) is 2.12. The summed E-state index contributed by atoms with van der Waals surface area (Å²) in [5, 5.41) is 0. The predicted molar refractivity (Wildman–Crippen MR) is 73.2 cm³/mol. The largest absolute Gasteiger partial charge is 0.460 e. The van der Waals surface area contributed by atoms with Crippen LogP contribution in [-0.2, 0) is 19.2 Å². The summed E-state index contributed by atoms with van der Waals surface area (Å²) in [5.74, 6) is -0.784. The molecular formula is C14H25NO4. The summed E-state index contributed by atoms with van der Waals surface area (Å²) in [6.07, 6.45) is 4.68. The van der Waals surface area contributed by atoms with Gasteiger partial charge in [-0.2, -0.15) is 0 Å². The topological polar surface area (TPSA) is 64.6 Å². The van der Waals surface area contributed by atoms with Crippen molar-refractivity contribution in [1.29, 1.82) is 0 Å². The number of carbonyl (C=O) groups is 2.